The number of likely N-dealkylation sites (tertiary alicyclic amines) is 1. The van der Waals surface area contributed by atoms with Crippen LogP contribution in [-0.4, -0.2) is 40.4 Å². The van der Waals surface area contributed by atoms with E-state index in [1.165, 1.54) is 13.0 Å². The van der Waals surface area contributed by atoms with E-state index in [0.717, 1.165) is 48.4 Å². The summed E-state index contributed by atoms with van der Waals surface area (Å²) in [6.07, 6.45) is 5.51. The molecule has 0 bridgehead atoms. The van der Waals surface area contributed by atoms with Gasteiger partial charge < -0.3 is 9.47 Å². The van der Waals surface area contributed by atoms with Crippen molar-refractivity contribution in [3.8, 4) is 11.4 Å². The van der Waals surface area contributed by atoms with E-state index >= 15 is 0 Å². The number of likely N-dealkylation sites (N-methyl/N-ethyl adjacent to an activating group) is 1. The predicted molar refractivity (Wildman–Crippen MR) is 111 cm³/mol. The Labute approximate surface area is 164 Å². The van der Waals surface area contributed by atoms with Crippen LogP contribution in [-0.2, 0) is 4.79 Å². The lowest BCUT2D eigenvalue weighted by molar-refractivity contribution is -0.112. The monoisotopic (exact) mass is 377 g/mol. The van der Waals surface area contributed by atoms with Crippen LogP contribution in [0.4, 0.5) is 4.39 Å². The Hall–Kier alpha value is -2.79. The van der Waals surface area contributed by atoms with Gasteiger partial charge in [0.15, 0.2) is 11.6 Å². The molecule has 1 atom stereocenters. The zero-order chi connectivity index (χ0) is 19.7. The molecule has 0 radical (unpaired) electrons. The van der Waals surface area contributed by atoms with Gasteiger partial charge in [-0.15, -0.1) is 0 Å². The van der Waals surface area contributed by atoms with Gasteiger partial charge in [0.1, 0.15) is 11.3 Å². The van der Waals surface area contributed by atoms with Gasteiger partial charge in [0.2, 0.25) is 0 Å². The lowest BCUT2D eigenvalue weighted by atomic mass is 10.0. The fourth-order valence-corrected chi connectivity index (χ4v) is 4.00. The van der Waals surface area contributed by atoms with E-state index < -0.39 is 0 Å². The van der Waals surface area contributed by atoms with Crippen molar-refractivity contribution in [1.29, 1.82) is 0 Å². The number of halogens is 1. The highest BCUT2D eigenvalue weighted by molar-refractivity contribution is 5.91. The van der Waals surface area contributed by atoms with Crippen molar-refractivity contribution >= 4 is 22.9 Å². The minimum absolute atomic E-state index is 0.00459. The second-order valence-electron chi connectivity index (χ2n) is 7.54. The molecule has 0 amide bonds. The van der Waals surface area contributed by atoms with Crippen LogP contribution in [0.5, 0.6) is 0 Å². The van der Waals surface area contributed by atoms with Gasteiger partial charge >= 0.3 is 0 Å². The Morgan fingerprint density at radius 3 is 2.86 bits per heavy atom. The average Bonchev–Trinajstić information content (AvgIpc) is 3.08. The molecule has 1 unspecified atom stereocenters. The number of ketones is 1. The van der Waals surface area contributed by atoms with Crippen molar-refractivity contribution in [3.63, 3.8) is 0 Å². The standard InChI is InChI=1S/C23H24FN3O/c1-16(28)11-12-17-6-3-7-18(14-17)23-25-22-20(24)9-4-10-21(22)27(23)19-8-5-13-26(2)15-19/h3-4,6-7,9-12,14,19H,5,8,13,15H2,1-2H3/b12-11+. The van der Waals surface area contributed by atoms with E-state index in [1.807, 2.05) is 30.3 Å². The van der Waals surface area contributed by atoms with Gasteiger partial charge in [0.25, 0.3) is 0 Å². The first-order chi connectivity index (χ1) is 13.5. The average molecular weight is 377 g/mol. The molecule has 1 saturated heterocycles. The minimum atomic E-state index is -0.297. The predicted octanol–water partition coefficient (Wildman–Crippen LogP) is 4.71. The summed E-state index contributed by atoms with van der Waals surface area (Å²) >= 11 is 0. The molecule has 0 saturated carbocycles. The number of imidazole rings is 1. The summed E-state index contributed by atoms with van der Waals surface area (Å²) < 4.78 is 16.7. The Morgan fingerprint density at radius 2 is 2.07 bits per heavy atom. The smallest absolute Gasteiger partial charge is 0.152 e. The van der Waals surface area contributed by atoms with E-state index in [1.54, 1.807) is 18.2 Å². The Balaban J connectivity index is 1.87. The number of hydrogen-bond acceptors (Lipinski definition) is 3. The summed E-state index contributed by atoms with van der Waals surface area (Å²) in [5.74, 6) is 0.484. The van der Waals surface area contributed by atoms with Gasteiger partial charge in [-0.2, -0.15) is 0 Å². The van der Waals surface area contributed by atoms with Crippen molar-refractivity contribution in [2.24, 2.45) is 0 Å². The maximum absolute atomic E-state index is 14.5. The van der Waals surface area contributed by atoms with Crippen LogP contribution < -0.4 is 0 Å². The highest BCUT2D eigenvalue weighted by atomic mass is 19.1. The molecule has 0 aliphatic carbocycles. The molecular weight excluding hydrogens is 353 g/mol. The molecule has 4 nitrogen and oxygen atoms in total. The topological polar surface area (TPSA) is 38.1 Å². The molecule has 1 aliphatic heterocycles. The van der Waals surface area contributed by atoms with E-state index in [-0.39, 0.29) is 17.6 Å². The van der Waals surface area contributed by atoms with Gasteiger partial charge in [0.05, 0.1) is 5.52 Å². The second-order valence-corrected chi connectivity index (χ2v) is 7.54. The van der Waals surface area contributed by atoms with E-state index in [9.17, 15) is 9.18 Å². The molecule has 144 valence electrons. The number of nitrogens with zero attached hydrogens (tertiary/aromatic N) is 3. The lowest BCUT2D eigenvalue weighted by Crippen LogP contribution is -2.33. The summed E-state index contributed by atoms with van der Waals surface area (Å²) in [6.45, 7) is 3.53. The van der Waals surface area contributed by atoms with Crippen molar-refractivity contribution in [2.45, 2.75) is 25.8 Å². The normalized spacial score (nSPS) is 18.2. The van der Waals surface area contributed by atoms with Gasteiger partial charge in [-0.05, 0) is 63.2 Å². The summed E-state index contributed by atoms with van der Waals surface area (Å²) in [5.41, 5.74) is 3.09. The number of aromatic nitrogens is 2. The van der Waals surface area contributed by atoms with E-state index in [2.05, 4.69) is 16.5 Å². The SMILES string of the molecule is CC(=O)/C=C/c1cccc(-c2nc3c(F)cccc3n2C2CCCN(C)C2)c1. The molecule has 1 aromatic heterocycles. The van der Waals surface area contributed by atoms with Crippen molar-refractivity contribution < 1.29 is 9.18 Å². The number of carbonyl (C=O) groups is 1. The maximum atomic E-state index is 14.5. The van der Waals surface area contributed by atoms with Gasteiger partial charge in [-0.3, -0.25) is 4.79 Å². The molecule has 28 heavy (non-hydrogen) atoms. The number of allylic oxidation sites excluding steroid dienone is 1. The van der Waals surface area contributed by atoms with Crippen LogP contribution in [0.15, 0.2) is 48.5 Å². The summed E-state index contributed by atoms with van der Waals surface area (Å²) in [7, 11) is 2.12. The fraction of sp³-hybridized carbons (Fsp3) is 0.304. The third-order valence-electron chi connectivity index (χ3n) is 5.29. The largest absolute Gasteiger partial charge is 0.319 e. The van der Waals surface area contributed by atoms with Gasteiger partial charge in [-0.25, -0.2) is 9.37 Å². The first-order valence-electron chi connectivity index (χ1n) is 9.67. The van der Waals surface area contributed by atoms with Gasteiger partial charge in [0, 0.05) is 18.2 Å². The zero-order valence-corrected chi connectivity index (χ0v) is 16.2. The van der Waals surface area contributed by atoms with Crippen LogP contribution in [0.25, 0.3) is 28.5 Å². The third-order valence-corrected chi connectivity index (χ3v) is 5.29. The quantitative estimate of drug-likeness (QED) is 0.618. The van der Waals surface area contributed by atoms with E-state index in [4.69, 9.17) is 4.98 Å². The highest BCUT2D eigenvalue weighted by Crippen LogP contribution is 2.33. The Kier molecular flexibility index (Phi) is 5.09. The minimum Gasteiger partial charge on any atom is -0.319 e. The highest BCUT2D eigenvalue weighted by Gasteiger charge is 2.25. The van der Waals surface area contributed by atoms with Gasteiger partial charge in [-0.1, -0.05) is 30.3 Å². The molecule has 4 rings (SSSR count). The first kappa shape index (κ1) is 18.6. The molecule has 3 aromatic rings. The Morgan fingerprint density at radius 1 is 1.25 bits per heavy atom. The third kappa shape index (κ3) is 3.62. The van der Waals surface area contributed by atoms with Crippen molar-refractivity contribution in [3.05, 3.63) is 59.9 Å². The molecular formula is C23H24FN3O. The summed E-state index contributed by atoms with van der Waals surface area (Å²) in [4.78, 5) is 18.3. The van der Waals surface area contributed by atoms with Crippen molar-refractivity contribution in [2.75, 3.05) is 20.1 Å². The van der Waals surface area contributed by atoms with E-state index in [0.29, 0.717) is 5.52 Å². The summed E-state index contributed by atoms with van der Waals surface area (Å²) in [6, 6.07) is 13.3. The molecule has 0 spiro atoms. The molecule has 2 heterocycles. The van der Waals surface area contributed by atoms with Crippen LogP contribution in [0.1, 0.15) is 31.4 Å². The number of benzene rings is 2. The number of para-hydroxylation sites is 1. The van der Waals surface area contributed by atoms with Crippen LogP contribution in [0.3, 0.4) is 0 Å². The molecule has 1 aliphatic rings. The lowest BCUT2D eigenvalue weighted by Gasteiger charge is -2.32. The number of carbonyl (C=O) groups excluding carboxylic acids is 1. The van der Waals surface area contributed by atoms with Crippen LogP contribution >= 0.6 is 0 Å². The van der Waals surface area contributed by atoms with Crippen LogP contribution in [0.2, 0.25) is 0 Å². The molecule has 1 fully saturated rings. The number of rotatable bonds is 4. The second kappa shape index (κ2) is 7.68. The van der Waals surface area contributed by atoms with Crippen molar-refractivity contribution in [1.82, 2.24) is 14.5 Å². The zero-order valence-electron chi connectivity index (χ0n) is 16.2. The fourth-order valence-electron chi connectivity index (χ4n) is 4.00. The maximum Gasteiger partial charge on any atom is 0.152 e. The Bertz CT molecular complexity index is 1050. The molecule has 5 heteroatoms. The first-order valence-corrected chi connectivity index (χ1v) is 9.67. The number of hydrogen-bond donors (Lipinski definition) is 0. The number of fused-ring (bicyclic) bond motifs is 1. The number of piperidine rings is 1. The molecule has 2 aromatic carbocycles. The molecule has 0 N–H and O–H groups in total. The van der Waals surface area contributed by atoms with Crippen LogP contribution in [0, 0.1) is 5.82 Å². The summed E-state index contributed by atoms with van der Waals surface area (Å²) in [5, 5.41) is 0.